The Kier molecular flexibility index (Phi) is 4.53. The van der Waals surface area contributed by atoms with E-state index in [0.717, 1.165) is 17.7 Å². The van der Waals surface area contributed by atoms with Crippen LogP contribution in [0, 0.1) is 6.92 Å². The summed E-state index contributed by atoms with van der Waals surface area (Å²) in [6.07, 6.45) is -5.30. The molecule has 0 spiro atoms. The summed E-state index contributed by atoms with van der Waals surface area (Å²) in [5.41, 5.74) is 0.946. The fourth-order valence-electron chi connectivity index (χ4n) is 1.82. The first-order valence-electron chi connectivity index (χ1n) is 6.41. The van der Waals surface area contributed by atoms with Crippen molar-refractivity contribution in [3.05, 3.63) is 65.2 Å². The van der Waals surface area contributed by atoms with Gasteiger partial charge in [0, 0.05) is 0 Å². The van der Waals surface area contributed by atoms with Crippen LogP contribution in [0.3, 0.4) is 0 Å². The van der Waals surface area contributed by atoms with E-state index in [2.05, 4.69) is 0 Å². The molecule has 0 aliphatic heterocycles. The first kappa shape index (κ1) is 15.4. The molecule has 0 saturated carbocycles. The molecule has 0 amide bonds. The summed E-state index contributed by atoms with van der Waals surface area (Å²) >= 11 is 0. The second kappa shape index (κ2) is 6.18. The third kappa shape index (κ3) is 4.23. The molecule has 0 bridgehead atoms. The molecule has 2 nitrogen and oxygen atoms in total. The van der Waals surface area contributed by atoms with E-state index in [-0.39, 0.29) is 12.4 Å². The Morgan fingerprint density at radius 1 is 1.10 bits per heavy atom. The highest BCUT2D eigenvalue weighted by atomic mass is 19.4. The second-order valence-electron chi connectivity index (χ2n) is 4.76. The molecule has 1 unspecified atom stereocenters. The minimum absolute atomic E-state index is 0.0796. The Balaban J connectivity index is 2.01. The highest BCUT2D eigenvalue weighted by Gasteiger charge is 2.30. The van der Waals surface area contributed by atoms with Gasteiger partial charge in [-0.25, -0.2) is 0 Å². The Morgan fingerprint density at radius 3 is 2.38 bits per heavy atom. The summed E-state index contributed by atoms with van der Waals surface area (Å²) in [7, 11) is 0. The Bertz CT molecular complexity index is 591. The van der Waals surface area contributed by atoms with Crippen molar-refractivity contribution >= 4 is 0 Å². The molecule has 2 aromatic rings. The van der Waals surface area contributed by atoms with Gasteiger partial charge < -0.3 is 9.84 Å². The second-order valence-corrected chi connectivity index (χ2v) is 4.76. The van der Waals surface area contributed by atoms with Gasteiger partial charge in [0.15, 0.2) is 0 Å². The van der Waals surface area contributed by atoms with Crippen LogP contribution in [0.5, 0.6) is 5.75 Å². The monoisotopic (exact) mass is 296 g/mol. The van der Waals surface area contributed by atoms with Gasteiger partial charge in [0.05, 0.1) is 5.56 Å². The number of benzene rings is 2. The quantitative estimate of drug-likeness (QED) is 0.919. The van der Waals surface area contributed by atoms with Crippen LogP contribution in [0.1, 0.15) is 22.8 Å². The lowest BCUT2D eigenvalue weighted by atomic mass is 10.1. The van der Waals surface area contributed by atoms with Crippen molar-refractivity contribution in [2.24, 2.45) is 0 Å². The summed E-state index contributed by atoms with van der Waals surface area (Å²) in [5.74, 6) is 0.0796. The van der Waals surface area contributed by atoms with Crippen LogP contribution >= 0.6 is 0 Å². The molecule has 0 fully saturated rings. The average molecular weight is 296 g/mol. The number of aryl methyl sites for hydroxylation is 1. The maximum Gasteiger partial charge on any atom is 0.416 e. The van der Waals surface area contributed by atoms with Gasteiger partial charge in [0.2, 0.25) is 0 Å². The number of hydrogen-bond donors (Lipinski definition) is 1. The molecular weight excluding hydrogens is 281 g/mol. The average Bonchev–Trinajstić information content (AvgIpc) is 2.45. The van der Waals surface area contributed by atoms with Crippen molar-refractivity contribution in [3.63, 3.8) is 0 Å². The predicted molar refractivity (Wildman–Crippen MR) is 73.1 cm³/mol. The van der Waals surface area contributed by atoms with Crippen LogP contribution < -0.4 is 4.74 Å². The maximum absolute atomic E-state index is 12.6. The van der Waals surface area contributed by atoms with Crippen LogP contribution in [0.2, 0.25) is 0 Å². The molecule has 1 atom stereocenters. The minimum Gasteiger partial charge on any atom is -0.491 e. The Morgan fingerprint density at radius 2 is 1.76 bits per heavy atom. The lowest BCUT2D eigenvalue weighted by Gasteiger charge is -2.14. The van der Waals surface area contributed by atoms with E-state index in [0.29, 0.717) is 5.56 Å². The molecule has 0 saturated heterocycles. The molecule has 5 heteroatoms. The molecule has 0 aliphatic carbocycles. The molecule has 1 N–H and O–H groups in total. The molecule has 112 valence electrons. The standard InChI is InChI=1S/C16H15F3O2/c1-11-5-7-12(8-6-11)15(20)10-21-14-4-2-3-13(9-14)16(17,18)19/h2-9,15,20H,10H2,1H3. The maximum atomic E-state index is 12.6. The number of halogens is 3. The summed E-state index contributed by atoms with van der Waals surface area (Å²) in [6, 6.07) is 11.8. The van der Waals surface area contributed by atoms with Gasteiger partial charge in [0.25, 0.3) is 0 Å². The van der Waals surface area contributed by atoms with Gasteiger partial charge in [-0.15, -0.1) is 0 Å². The number of hydrogen-bond acceptors (Lipinski definition) is 2. The largest absolute Gasteiger partial charge is 0.491 e. The van der Waals surface area contributed by atoms with E-state index in [9.17, 15) is 18.3 Å². The lowest BCUT2D eigenvalue weighted by Crippen LogP contribution is -2.10. The molecule has 2 aromatic carbocycles. The highest BCUT2D eigenvalue weighted by molar-refractivity contribution is 5.30. The molecule has 0 radical (unpaired) electrons. The van der Waals surface area contributed by atoms with Gasteiger partial charge in [-0.3, -0.25) is 0 Å². The minimum atomic E-state index is -4.41. The number of alkyl halides is 3. The van der Waals surface area contributed by atoms with Crippen molar-refractivity contribution in [2.45, 2.75) is 19.2 Å². The fourth-order valence-corrected chi connectivity index (χ4v) is 1.82. The van der Waals surface area contributed by atoms with Gasteiger partial charge in [-0.2, -0.15) is 13.2 Å². The molecule has 0 aromatic heterocycles. The number of rotatable bonds is 4. The van der Waals surface area contributed by atoms with Crippen LogP contribution in [-0.2, 0) is 6.18 Å². The van der Waals surface area contributed by atoms with Gasteiger partial charge in [0.1, 0.15) is 18.5 Å². The topological polar surface area (TPSA) is 29.5 Å². The summed E-state index contributed by atoms with van der Waals surface area (Å²) in [4.78, 5) is 0. The fraction of sp³-hybridized carbons (Fsp3) is 0.250. The van der Waals surface area contributed by atoms with Crippen molar-refractivity contribution in [1.82, 2.24) is 0 Å². The van der Waals surface area contributed by atoms with Crippen molar-refractivity contribution in [3.8, 4) is 5.75 Å². The zero-order chi connectivity index (χ0) is 15.5. The summed E-state index contributed by atoms with van der Waals surface area (Å²) in [5, 5.41) is 9.95. The molecule has 0 aliphatic rings. The normalized spacial score (nSPS) is 13.0. The van der Waals surface area contributed by atoms with Crippen LogP contribution in [0.15, 0.2) is 48.5 Å². The smallest absolute Gasteiger partial charge is 0.416 e. The Hall–Kier alpha value is -2.01. The van der Waals surface area contributed by atoms with Crippen molar-refractivity contribution in [2.75, 3.05) is 6.61 Å². The number of aliphatic hydroxyl groups excluding tert-OH is 1. The van der Waals surface area contributed by atoms with Gasteiger partial charge >= 0.3 is 6.18 Å². The van der Waals surface area contributed by atoms with Gasteiger partial charge in [-0.05, 0) is 30.7 Å². The zero-order valence-electron chi connectivity index (χ0n) is 11.4. The molecule has 2 rings (SSSR count). The van der Waals surface area contributed by atoms with E-state index in [1.807, 2.05) is 19.1 Å². The predicted octanol–water partition coefficient (Wildman–Crippen LogP) is 4.13. The zero-order valence-corrected chi connectivity index (χ0v) is 11.4. The van der Waals surface area contributed by atoms with E-state index >= 15 is 0 Å². The lowest BCUT2D eigenvalue weighted by molar-refractivity contribution is -0.137. The highest BCUT2D eigenvalue weighted by Crippen LogP contribution is 2.31. The first-order valence-corrected chi connectivity index (χ1v) is 6.41. The third-order valence-corrected chi connectivity index (χ3v) is 3.03. The molecular formula is C16H15F3O2. The summed E-state index contributed by atoms with van der Waals surface area (Å²) in [6.45, 7) is 1.82. The third-order valence-electron chi connectivity index (χ3n) is 3.03. The summed E-state index contributed by atoms with van der Waals surface area (Å²) < 4.78 is 42.9. The van der Waals surface area contributed by atoms with Crippen LogP contribution in [0.4, 0.5) is 13.2 Å². The van der Waals surface area contributed by atoms with Gasteiger partial charge in [-0.1, -0.05) is 35.9 Å². The number of ether oxygens (including phenoxy) is 1. The van der Waals surface area contributed by atoms with E-state index < -0.39 is 17.8 Å². The molecule has 21 heavy (non-hydrogen) atoms. The van der Waals surface area contributed by atoms with E-state index in [4.69, 9.17) is 4.74 Å². The van der Waals surface area contributed by atoms with Crippen molar-refractivity contribution < 1.29 is 23.0 Å². The number of aliphatic hydroxyl groups is 1. The molecule has 0 heterocycles. The van der Waals surface area contributed by atoms with E-state index in [1.54, 1.807) is 12.1 Å². The first-order chi connectivity index (χ1) is 9.86. The van der Waals surface area contributed by atoms with E-state index in [1.165, 1.54) is 12.1 Å². The van der Waals surface area contributed by atoms with Crippen LogP contribution in [-0.4, -0.2) is 11.7 Å². The Labute approximate surface area is 120 Å². The van der Waals surface area contributed by atoms with Crippen molar-refractivity contribution in [1.29, 1.82) is 0 Å². The SMILES string of the molecule is Cc1ccc(C(O)COc2cccc(C(F)(F)F)c2)cc1. The van der Waals surface area contributed by atoms with Crippen LogP contribution in [0.25, 0.3) is 0 Å².